The molecule has 0 unspecified atom stereocenters. The number of para-hydroxylation sites is 1. The molecule has 0 atom stereocenters. The summed E-state index contributed by atoms with van der Waals surface area (Å²) in [7, 11) is 1.64. The molecular formula is C25H30N4O3S. The van der Waals surface area contributed by atoms with Crippen molar-refractivity contribution in [2.75, 3.05) is 18.9 Å². The Labute approximate surface area is 198 Å². The number of nitrogens with zero attached hydrogens (tertiary/aromatic N) is 2. The van der Waals surface area contributed by atoms with Gasteiger partial charge in [-0.2, -0.15) is 0 Å². The number of aryl methyl sites for hydroxylation is 1. The molecule has 0 spiro atoms. The van der Waals surface area contributed by atoms with E-state index in [-0.39, 0.29) is 23.9 Å². The summed E-state index contributed by atoms with van der Waals surface area (Å²) in [6.45, 7) is 4.46. The average Bonchev–Trinajstić information content (AvgIpc) is 2.78. The lowest BCUT2D eigenvalue weighted by Gasteiger charge is -2.18. The largest absolute Gasteiger partial charge is 0.336 e. The number of fused-ring (bicyclic) bond motifs is 1. The number of H-pyrrole nitrogens is 1. The third kappa shape index (κ3) is 6.16. The van der Waals surface area contributed by atoms with Gasteiger partial charge < -0.3 is 15.2 Å². The van der Waals surface area contributed by atoms with Crippen LogP contribution < -0.4 is 10.9 Å². The highest BCUT2D eigenvalue weighted by atomic mass is 32.1. The Morgan fingerprint density at radius 1 is 1.06 bits per heavy atom. The van der Waals surface area contributed by atoms with Gasteiger partial charge in [0.05, 0.1) is 17.4 Å². The van der Waals surface area contributed by atoms with Crippen LogP contribution in [0.15, 0.2) is 47.3 Å². The third-order valence-corrected chi connectivity index (χ3v) is 6.17. The summed E-state index contributed by atoms with van der Waals surface area (Å²) in [6, 6.07) is 13.0. The summed E-state index contributed by atoms with van der Waals surface area (Å²) in [4.78, 5) is 41.9. The predicted octanol–water partition coefficient (Wildman–Crippen LogP) is 4.33. The minimum atomic E-state index is -0.218. The maximum absolute atomic E-state index is 12.7. The van der Waals surface area contributed by atoms with Gasteiger partial charge >= 0.3 is 0 Å². The van der Waals surface area contributed by atoms with Crippen molar-refractivity contribution in [1.29, 1.82) is 0 Å². The molecule has 0 aliphatic heterocycles. The van der Waals surface area contributed by atoms with Crippen LogP contribution in [0.1, 0.15) is 36.8 Å². The van der Waals surface area contributed by atoms with E-state index in [1.807, 2.05) is 50.2 Å². The third-order valence-electron chi connectivity index (χ3n) is 5.85. The van der Waals surface area contributed by atoms with Crippen LogP contribution in [0, 0.1) is 18.6 Å². The average molecular weight is 467 g/mol. The molecule has 0 aliphatic carbocycles. The second-order valence-electron chi connectivity index (χ2n) is 8.29. The first-order valence-corrected chi connectivity index (χ1v) is 11.5. The van der Waals surface area contributed by atoms with Crippen molar-refractivity contribution in [3.05, 3.63) is 68.7 Å². The summed E-state index contributed by atoms with van der Waals surface area (Å²) in [5.41, 5.74) is 3.52. The summed E-state index contributed by atoms with van der Waals surface area (Å²) >= 11 is 5.33. The second kappa shape index (κ2) is 11.0. The van der Waals surface area contributed by atoms with Gasteiger partial charge in [0.1, 0.15) is 0 Å². The molecule has 33 heavy (non-hydrogen) atoms. The maximum Gasteiger partial charge on any atom is 0.262 e. The Morgan fingerprint density at radius 3 is 2.61 bits per heavy atom. The number of aromatic nitrogens is 2. The number of carbonyl (C=O) groups is 2. The Bertz CT molecular complexity index is 1280. The number of amides is 2. The molecule has 0 saturated carbocycles. The molecule has 0 radical (unpaired) electrons. The standard InChI is InChI=1S/C25H30N4O3S/c1-17-10-9-13-20(18(17)2)26-22(30)16-28(3)23(31)14-5-4-8-15-29-24(32)19-11-6-7-12-21(19)27-25(29)33/h6-7,9-13H,4-5,8,14-16H2,1-3H3,(H,26,30)(H,27,33). The summed E-state index contributed by atoms with van der Waals surface area (Å²) in [5, 5.41) is 3.49. The monoisotopic (exact) mass is 466 g/mol. The molecule has 0 aliphatic rings. The zero-order chi connectivity index (χ0) is 24.0. The van der Waals surface area contributed by atoms with Gasteiger partial charge in [-0.1, -0.05) is 30.7 Å². The minimum Gasteiger partial charge on any atom is -0.336 e. The molecule has 0 fully saturated rings. The normalized spacial score (nSPS) is 10.9. The van der Waals surface area contributed by atoms with Crippen molar-refractivity contribution in [2.24, 2.45) is 0 Å². The molecule has 3 rings (SSSR count). The summed E-state index contributed by atoms with van der Waals surface area (Å²) in [6.07, 6.45) is 2.55. The molecule has 2 N–H and O–H groups in total. The number of rotatable bonds is 9. The highest BCUT2D eigenvalue weighted by Gasteiger charge is 2.14. The van der Waals surface area contributed by atoms with Crippen molar-refractivity contribution in [1.82, 2.24) is 14.5 Å². The molecule has 0 saturated heterocycles. The van der Waals surface area contributed by atoms with Gasteiger partial charge in [0, 0.05) is 25.7 Å². The van der Waals surface area contributed by atoms with Crippen LogP contribution in [0.3, 0.4) is 0 Å². The van der Waals surface area contributed by atoms with Crippen LogP contribution >= 0.6 is 12.2 Å². The van der Waals surface area contributed by atoms with Gasteiger partial charge in [-0.05, 0) is 68.2 Å². The van der Waals surface area contributed by atoms with Gasteiger partial charge in [-0.3, -0.25) is 19.0 Å². The van der Waals surface area contributed by atoms with Crippen LogP contribution in [-0.4, -0.2) is 39.9 Å². The van der Waals surface area contributed by atoms with E-state index in [4.69, 9.17) is 12.2 Å². The van der Waals surface area contributed by atoms with Gasteiger partial charge in [0.2, 0.25) is 11.8 Å². The number of hydrogen-bond acceptors (Lipinski definition) is 4. The van der Waals surface area contributed by atoms with Crippen LogP contribution in [0.4, 0.5) is 5.69 Å². The van der Waals surface area contributed by atoms with Crippen molar-refractivity contribution >= 4 is 40.6 Å². The lowest BCUT2D eigenvalue weighted by Crippen LogP contribution is -2.34. The van der Waals surface area contributed by atoms with E-state index in [1.54, 1.807) is 17.7 Å². The Morgan fingerprint density at radius 2 is 1.82 bits per heavy atom. The molecule has 7 nitrogen and oxygen atoms in total. The fourth-order valence-corrected chi connectivity index (χ4v) is 3.98. The fraction of sp³-hybridized carbons (Fsp3) is 0.360. The maximum atomic E-state index is 12.7. The van der Waals surface area contributed by atoms with Crippen LogP contribution in [0.25, 0.3) is 10.9 Å². The van der Waals surface area contributed by atoms with E-state index in [1.165, 1.54) is 4.90 Å². The van der Waals surface area contributed by atoms with Crippen molar-refractivity contribution in [3.63, 3.8) is 0 Å². The van der Waals surface area contributed by atoms with E-state index >= 15 is 0 Å². The van der Waals surface area contributed by atoms with Crippen LogP contribution in [-0.2, 0) is 16.1 Å². The topological polar surface area (TPSA) is 87.2 Å². The van der Waals surface area contributed by atoms with Gasteiger partial charge in [-0.15, -0.1) is 0 Å². The van der Waals surface area contributed by atoms with Crippen molar-refractivity contribution in [2.45, 2.75) is 46.1 Å². The van der Waals surface area contributed by atoms with Gasteiger partial charge in [0.15, 0.2) is 4.77 Å². The molecule has 1 aromatic heterocycles. The van der Waals surface area contributed by atoms with Gasteiger partial charge in [0.25, 0.3) is 5.56 Å². The first kappa shape index (κ1) is 24.4. The molecular weight excluding hydrogens is 436 g/mol. The number of nitrogens with one attached hydrogen (secondary N) is 2. The van der Waals surface area contributed by atoms with E-state index in [0.717, 1.165) is 35.2 Å². The fourth-order valence-electron chi connectivity index (χ4n) is 3.70. The number of unbranched alkanes of at least 4 members (excludes halogenated alkanes) is 2. The first-order valence-electron chi connectivity index (χ1n) is 11.1. The van der Waals surface area contributed by atoms with Crippen molar-refractivity contribution in [3.8, 4) is 0 Å². The molecule has 8 heteroatoms. The Hall–Kier alpha value is -3.26. The second-order valence-corrected chi connectivity index (χ2v) is 8.68. The van der Waals surface area contributed by atoms with Crippen LogP contribution in [0.2, 0.25) is 0 Å². The highest BCUT2D eigenvalue weighted by molar-refractivity contribution is 7.71. The molecule has 174 valence electrons. The zero-order valence-electron chi connectivity index (χ0n) is 19.3. The number of benzene rings is 2. The van der Waals surface area contributed by atoms with Crippen LogP contribution in [0.5, 0.6) is 0 Å². The number of anilines is 1. The minimum absolute atomic E-state index is 0.00778. The smallest absolute Gasteiger partial charge is 0.262 e. The lowest BCUT2D eigenvalue weighted by molar-refractivity contribution is -0.133. The van der Waals surface area contributed by atoms with Gasteiger partial charge in [-0.25, -0.2) is 0 Å². The zero-order valence-corrected chi connectivity index (χ0v) is 20.1. The number of carbonyl (C=O) groups excluding carboxylic acids is 2. The first-order chi connectivity index (χ1) is 15.8. The predicted molar refractivity (Wildman–Crippen MR) is 134 cm³/mol. The summed E-state index contributed by atoms with van der Waals surface area (Å²) < 4.78 is 1.98. The molecule has 1 heterocycles. The molecule has 2 aromatic carbocycles. The lowest BCUT2D eigenvalue weighted by atomic mass is 10.1. The quantitative estimate of drug-likeness (QED) is 0.363. The molecule has 0 bridgehead atoms. The number of likely N-dealkylation sites (N-methyl/N-ethyl adjacent to an activating group) is 1. The molecule has 2 amide bonds. The highest BCUT2D eigenvalue weighted by Crippen LogP contribution is 2.18. The Balaban J connectivity index is 1.43. The summed E-state index contributed by atoms with van der Waals surface area (Å²) in [5.74, 6) is -0.296. The van der Waals surface area contributed by atoms with E-state index in [9.17, 15) is 14.4 Å². The van der Waals surface area contributed by atoms with Crippen molar-refractivity contribution < 1.29 is 9.59 Å². The van der Waals surface area contributed by atoms with E-state index in [0.29, 0.717) is 29.5 Å². The number of hydrogen-bond donors (Lipinski definition) is 2. The van der Waals surface area contributed by atoms with E-state index in [2.05, 4.69) is 10.3 Å². The Kier molecular flexibility index (Phi) is 8.16. The SMILES string of the molecule is Cc1cccc(NC(=O)CN(C)C(=O)CCCCCn2c(=S)[nH]c3ccccc3c2=O)c1C. The van der Waals surface area contributed by atoms with E-state index < -0.39 is 0 Å². The number of aromatic amines is 1. The molecule has 3 aromatic rings.